The molecule has 2 aromatic carbocycles. The second-order valence-corrected chi connectivity index (χ2v) is 7.14. The van der Waals surface area contributed by atoms with E-state index in [0.717, 1.165) is 11.6 Å². The lowest BCUT2D eigenvalue weighted by atomic mass is 10.2. The standard InChI is InChI=1S/C15H12ClNO4S/c16-12-6-5-11(15(18)19)9-14(12)22(20,21)17-8-7-10-3-1-2-4-13(10)17/h1-6,9H,7-8H2,(H,18,19). The highest BCUT2D eigenvalue weighted by Crippen LogP contribution is 2.35. The van der Waals surface area contributed by atoms with Gasteiger partial charge in [0.1, 0.15) is 4.90 Å². The predicted molar refractivity (Wildman–Crippen MR) is 83.1 cm³/mol. The number of hydrogen-bond donors (Lipinski definition) is 1. The second kappa shape index (κ2) is 5.30. The molecule has 5 nitrogen and oxygen atoms in total. The third-order valence-corrected chi connectivity index (χ3v) is 5.89. The molecule has 1 N–H and O–H groups in total. The van der Waals surface area contributed by atoms with Crippen LogP contribution in [0.1, 0.15) is 15.9 Å². The number of carbonyl (C=O) groups is 1. The van der Waals surface area contributed by atoms with Crippen molar-refractivity contribution in [3.8, 4) is 0 Å². The number of hydrogen-bond acceptors (Lipinski definition) is 3. The maximum absolute atomic E-state index is 12.8. The van der Waals surface area contributed by atoms with Crippen LogP contribution in [0.25, 0.3) is 0 Å². The number of sulfonamides is 1. The summed E-state index contributed by atoms with van der Waals surface area (Å²) in [5, 5.41) is 9.05. The fourth-order valence-electron chi connectivity index (χ4n) is 2.51. The van der Waals surface area contributed by atoms with Gasteiger partial charge in [0.05, 0.1) is 16.3 Å². The molecule has 0 saturated heterocycles. The highest BCUT2D eigenvalue weighted by molar-refractivity contribution is 7.93. The Hall–Kier alpha value is -2.05. The van der Waals surface area contributed by atoms with E-state index in [0.29, 0.717) is 18.7 Å². The maximum atomic E-state index is 12.8. The lowest BCUT2D eigenvalue weighted by Gasteiger charge is -2.20. The first-order chi connectivity index (χ1) is 10.4. The fourth-order valence-corrected chi connectivity index (χ4v) is 4.52. The third kappa shape index (κ3) is 2.34. The van der Waals surface area contributed by atoms with Crippen molar-refractivity contribution in [1.82, 2.24) is 0 Å². The fraction of sp³-hybridized carbons (Fsp3) is 0.133. The van der Waals surface area contributed by atoms with Crippen LogP contribution in [-0.4, -0.2) is 26.0 Å². The van der Waals surface area contributed by atoms with E-state index in [9.17, 15) is 13.2 Å². The van der Waals surface area contributed by atoms with Crippen LogP contribution < -0.4 is 4.31 Å². The van der Waals surface area contributed by atoms with E-state index in [1.165, 1.54) is 16.4 Å². The Labute approximate surface area is 132 Å². The molecule has 0 saturated carbocycles. The number of benzene rings is 2. The molecule has 0 amide bonds. The molecule has 0 bridgehead atoms. The lowest BCUT2D eigenvalue weighted by molar-refractivity contribution is 0.0696. The van der Waals surface area contributed by atoms with Gasteiger partial charge < -0.3 is 5.11 Å². The lowest BCUT2D eigenvalue weighted by Crippen LogP contribution is -2.29. The summed E-state index contributed by atoms with van der Waals surface area (Å²) in [7, 11) is -3.90. The smallest absolute Gasteiger partial charge is 0.335 e. The summed E-state index contributed by atoms with van der Waals surface area (Å²) in [6, 6.07) is 10.9. The van der Waals surface area contributed by atoms with Crippen LogP contribution in [-0.2, 0) is 16.4 Å². The van der Waals surface area contributed by atoms with Crippen molar-refractivity contribution in [2.24, 2.45) is 0 Å². The predicted octanol–water partition coefficient (Wildman–Crippen LogP) is 2.79. The van der Waals surface area contributed by atoms with Crippen LogP contribution in [0.5, 0.6) is 0 Å². The highest BCUT2D eigenvalue weighted by atomic mass is 35.5. The Kier molecular flexibility index (Phi) is 3.58. The van der Waals surface area contributed by atoms with Gasteiger partial charge in [0.25, 0.3) is 10.0 Å². The van der Waals surface area contributed by atoms with Gasteiger partial charge >= 0.3 is 5.97 Å². The molecule has 0 unspecified atom stereocenters. The normalized spacial score (nSPS) is 14.0. The van der Waals surface area contributed by atoms with Crippen molar-refractivity contribution in [1.29, 1.82) is 0 Å². The van der Waals surface area contributed by atoms with Crippen LogP contribution in [0.4, 0.5) is 5.69 Å². The molecular formula is C15H12ClNO4S. The summed E-state index contributed by atoms with van der Waals surface area (Å²) in [5.41, 5.74) is 1.44. The van der Waals surface area contributed by atoms with E-state index in [1.807, 2.05) is 12.1 Å². The molecule has 22 heavy (non-hydrogen) atoms. The second-order valence-electron chi connectivity index (χ2n) is 4.91. The minimum Gasteiger partial charge on any atom is -0.478 e. The summed E-state index contributed by atoms with van der Waals surface area (Å²) in [6.45, 7) is 0.315. The number of para-hydroxylation sites is 1. The maximum Gasteiger partial charge on any atom is 0.335 e. The van der Waals surface area contributed by atoms with E-state index in [1.54, 1.807) is 12.1 Å². The molecule has 0 spiro atoms. The van der Waals surface area contributed by atoms with Crippen molar-refractivity contribution in [3.63, 3.8) is 0 Å². The number of nitrogens with zero attached hydrogens (tertiary/aromatic N) is 1. The Morgan fingerprint density at radius 1 is 1.18 bits per heavy atom. The zero-order chi connectivity index (χ0) is 15.9. The topological polar surface area (TPSA) is 74.7 Å². The number of rotatable bonds is 3. The summed E-state index contributed by atoms with van der Waals surface area (Å²) in [4.78, 5) is 10.9. The Morgan fingerprint density at radius 3 is 2.64 bits per heavy atom. The molecule has 2 aromatic rings. The molecule has 7 heteroatoms. The summed E-state index contributed by atoms with van der Waals surface area (Å²) in [5.74, 6) is -1.20. The molecule has 0 aromatic heterocycles. The quantitative estimate of drug-likeness (QED) is 0.934. The number of carboxylic acids is 1. The molecule has 0 radical (unpaired) electrons. The van der Waals surface area contributed by atoms with Crippen molar-refractivity contribution >= 4 is 33.3 Å². The molecule has 1 aliphatic heterocycles. The van der Waals surface area contributed by atoms with E-state index in [-0.39, 0.29) is 15.5 Å². The number of halogens is 1. The van der Waals surface area contributed by atoms with Gasteiger partial charge in [-0.1, -0.05) is 29.8 Å². The van der Waals surface area contributed by atoms with Gasteiger partial charge in [0.15, 0.2) is 0 Å². The van der Waals surface area contributed by atoms with E-state index >= 15 is 0 Å². The van der Waals surface area contributed by atoms with E-state index in [2.05, 4.69) is 0 Å². The average molecular weight is 338 g/mol. The van der Waals surface area contributed by atoms with Gasteiger partial charge in [0, 0.05) is 6.54 Å². The van der Waals surface area contributed by atoms with Crippen LogP contribution in [0.15, 0.2) is 47.4 Å². The third-order valence-electron chi connectivity index (χ3n) is 3.59. The average Bonchev–Trinajstić information content (AvgIpc) is 2.91. The molecule has 0 fully saturated rings. The minimum atomic E-state index is -3.90. The van der Waals surface area contributed by atoms with Crippen molar-refractivity contribution in [3.05, 3.63) is 58.6 Å². The molecule has 0 aliphatic carbocycles. The monoisotopic (exact) mass is 337 g/mol. The highest BCUT2D eigenvalue weighted by Gasteiger charge is 2.32. The minimum absolute atomic E-state index is 0.00869. The number of fused-ring (bicyclic) bond motifs is 1. The van der Waals surface area contributed by atoms with E-state index < -0.39 is 16.0 Å². The molecule has 1 aliphatic rings. The Balaban J connectivity index is 2.12. The first-order valence-corrected chi connectivity index (χ1v) is 8.36. The van der Waals surface area contributed by atoms with Gasteiger partial charge in [-0.25, -0.2) is 13.2 Å². The number of carboxylic acid groups (broad SMARTS) is 1. The zero-order valence-corrected chi connectivity index (χ0v) is 12.9. The first kappa shape index (κ1) is 14.9. The van der Waals surface area contributed by atoms with Crippen LogP contribution in [0.2, 0.25) is 5.02 Å². The Morgan fingerprint density at radius 2 is 1.91 bits per heavy atom. The van der Waals surface area contributed by atoms with Crippen molar-refractivity contribution in [2.45, 2.75) is 11.3 Å². The summed E-state index contributed by atoms with van der Waals surface area (Å²) in [6.07, 6.45) is 0.617. The van der Waals surface area contributed by atoms with Gasteiger partial charge in [-0.05, 0) is 36.2 Å². The zero-order valence-electron chi connectivity index (χ0n) is 11.4. The molecule has 1 heterocycles. The molecule has 0 atom stereocenters. The van der Waals surface area contributed by atoms with Gasteiger partial charge in [0.2, 0.25) is 0 Å². The van der Waals surface area contributed by atoms with Crippen molar-refractivity contribution in [2.75, 3.05) is 10.8 Å². The molecule has 114 valence electrons. The largest absolute Gasteiger partial charge is 0.478 e. The van der Waals surface area contributed by atoms with Gasteiger partial charge in [-0.15, -0.1) is 0 Å². The molecule has 3 rings (SSSR count). The summed E-state index contributed by atoms with van der Waals surface area (Å²) >= 11 is 5.99. The van der Waals surface area contributed by atoms with Crippen LogP contribution >= 0.6 is 11.6 Å². The number of anilines is 1. The Bertz CT molecular complexity index is 864. The van der Waals surface area contributed by atoms with Crippen LogP contribution in [0, 0.1) is 0 Å². The van der Waals surface area contributed by atoms with Crippen molar-refractivity contribution < 1.29 is 18.3 Å². The van der Waals surface area contributed by atoms with Gasteiger partial charge in [-0.2, -0.15) is 0 Å². The molecular weight excluding hydrogens is 326 g/mol. The van der Waals surface area contributed by atoms with Gasteiger partial charge in [-0.3, -0.25) is 4.31 Å². The first-order valence-electron chi connectivity index (χ1n) is 6.55. The van der Waals surface area contributed by atoms with E-state index in [4.69, 9.17) is 16.7 Å². The summed E-state index contributed by atoms with van der Waals surface area (Å²) < 4.78 is 27.0. The SMILES string of the molecule is O=C(O)c1ccc(Cl)c(S(=O)(=O)N2CCc3ccccc32)c1. The van der Waals surface area contributed by atoms with Crippen LogP contribution in [0.3, 0.4) is 0 Å². The number of aromatic carboxylic acids is 1.